The topological polar surface area (TPSA) is 41.5 Å². The third-order valence-corrected chi connectivity index (χ3v) is 6.45. The van der Waals surface area contributed by atoms with E-state index in [2.05, 4.69) is 23.5 Å². The zero-order chi connectivity index (χ0) is 16.4. The van der Waals surface area contributed by atoms with E-state index in [0.717, 1.165) is 27.1 Å². The molecule has 0 atom stereocenters. The van der Waals surface area contributed by atoms with Gasteiger partial charge in [0.05, 0.1) is 15.6 Å². The summed E-state index contributed by atoms with van der Waals surface area (Å²) in [6.07, 6.45) is 1.00. The van der Waals surface area contributed by atoms with Gasteiger partial charge in [-0.2, -0.15) is 5.10 Å². The van der Waals surface area contributed by atoms with Crippen molar-refractivity contribution in [3.8, 4) is 0 Å². The molecule has 0 radical (unpaired) electrons. The minimum atomic E-state index is -0.275. The molecule has 3 nitrogen and oxygen atoms in total. The van der Waals surface area contributed by atoms with Crippen molar-refractivity contribution in [1.29, 1.82) is 0 Å². The first-order valence-corrected chi connectivity index (χ1v) is 9.22. The number of rotatable bonds is 4. The monoisotopic (exact) mass is 362 g/mol. The smallest absolute Gasteiger partial charge is 0.266 e. The normalized spacial score (nSPS) is 11.9. The number of hydrogen-bond acceptors (Lipinski definition) is 4. The van der Waals surface area contributed by atoms with Crippen molar-refractivity contribution < 1.29 is 4.79 Å². The largest absolute Gasteiger partial charge is 0.283 e. The van der Waals surface area contributed by atoms with E-state index in [1.54, 1.807) is 11.3 Å². The van der Waals surface area contributed by atoms with E-state index in [0.29, 0.717) is 9.90 Å². The summed E-state index contributed by atoms with van der Waals surface area (Å²) in [5.74, 6) is -0.275. The molecule has 1 amide bonds. The van der Waals surface area contributed by atoms with Gasteiger partial charge in [-0.3, -0.25) is 4.79 Å². The van der Waals surface area contributed by atoms with E-state index < -0.39 is 0 Å². The second-order valence-corrected chi connectivity index (χ2v) is 7.60. The van der Waals surface area contributed by atoms with Gasteiger partial charge in [-0.05, 0) is 31.5 Å². The second-order valence-electron chi connectivity index (χ2n) is 5.00. The summed E-state index contributed by atoms with van der Waals surface area (Å²) < 4.78 is 0.995. The maximum atomic E-state index is 12.3. The maximum absolute atomic E-state index is 12.3. The molecule has 0 fully saturated rings. The van der Waals surface area contributed by atoms with Gasteiger partial charge in [0.1, 0.15) is 4.88 Å². The molecule has 2 aromatic heterocycles. The Bertz CT molecular complexity index is 895. The van der Waals surface area contributed by atoms with Gasteiger partial charge in [0.15, 0.2) is 0 Å². The van der Waals surface area contributed by atoms with Crippen LogP contribution in [0, 0.1) is 0 Å². The lowest BCUT2D eigenvalue weighted by Crippen LogP contribution is -2.18. The molecule has 0 aliphatic heterocycles. The average Bonchev–Trinajstić information content (AvgIpc) is 3.18. The first-order chi connectivity index (χ1) is 11.1. The lowest BCUT2D eigenvalue weighted by atomic mass is 10.2. The van der Waals surface area contributed by atoms with E-state index in [4.69, 9.17) is 11.6 Å². The average molecular weight is 363 g/mol. The molecule has 0 spiro atoms. The second kappa shape index (κ2) is 6.83. The Morgan fingerprint density at radius 3 is 2.70 bits per heavy atom. The number of nitrogens with zero attached hydrogens (tertiary/aromatic N) is 1. The zero-order valence-corrected chi connectivity index (χ0v) is 15.1. The summed E-state index contributed by atoms with van der Waals surface area (Å²) in [6, 6.07) is 11.8. The lowest BCUT2D eigenvalue weighted by molar-refractivity contribution is 0.0959. The van der Waals surface area contributed by atoms with E-state index >= 15 is 0 Å². The molecule has 6 heteroatoms. The van der Waals surface area contributed by atoms with Gasteiger partial charge in [-0.1, -0.05) is 36.7 Å². The Morgan fingerprint density at radius 2 is 2.00 bits per heavy atom. The van der Waals surface area contributed by atoms with Gasteiger partial charge in [0.2, 0.25) is 0 Å². The molecule has 118 valence electrons. The van der Waals surface area contributed by atoms with Crippen LogP contribution in [0.5, 0.6) is 0 Å². The Balaban J connectivity index is 1.80. The molecule has 0 saturated heterocycles. The van der Waals surface area contributed by atoms with Gasteiger partial charge < -0.3 is 0 Å². The number of carbonyl (C=O) groups excluding carboxylic acids is 1. The summed E-state index contributed by atoms with van der Waals surface area (Å²) >= 11 is 9.38. The van der Waals surface area contributed by atoms with Gasteiger partial charge in [-0.25, -0.2) is 5.43 Å². The summed E-state index contributed by atoms with van der Waals surface area (Å²) in [4.78, 5) is 15.2. The molecule has 1 N–H and O–H groups in total. The summed E-state index contributed by atoms with van der Waals surface area (Å²) in [6.45, 7) is 4.01. The van der Waals surface area contributed by atoms with Crippen LogP contribution < -0.4 is 5.43 Å². The lowest BCUT2D eigenvalue weighted by Gasteiger charge is -2.00. The van der Waals surface area contributed by atoms with Crippen LogP contribution in [0.4, 0.5) is 0 Å². The summed E-state index contributed by atoms with van der Waals surface area (Å²) in [5.41, 5.74) is 3.40. The minimum Gasteiger partial charge on any atom is -0.266 e. The summed E-state index contributed by atoms with van der Waals surface area (Å²) in [5, 5.41) is 5.59. The minimum absolute atomic E-state index is 0.275. The van der Waals surface area contributed by atoms with E-state index in [9.17, 15) is 4.79 Å². The number of nitrogens with one attached hydrogen (secondary N) is 1. The fourth-order valence-electron chi connectivity index (χ4n) is 2.16. The van der Waals surface area contributed by atoms with Crippen LogP contribution in [0.3, 0.4) is 0 Å². The van der Waals surface area contributed by atoms with Crippen LogP contribution in [0.25, 0.3) is 10.1 Å². The van der Waals surface area contributed by atoms with Crippen molar-refractivity contribution in [2.75, 3.05) is 0 Å². The quantitative estimate of drug-likeness (QED) is 0.494. The van der Waals surface area contributed by atoms with Crippen LogP contribution in [0.2, 0.25) is 5.02 Å². The van der Waals surface area contributed by atoms with E-state index in [1.807, 2.05) is 37.3 Å². The Labute approximate surface area is 147 Å². The molecule has 0 aliphatic carbocycles. The van der Waals surface area contributed by atoms with Crippen molar-refractivity contribution in [2.45, 2.75) is 20.3 Å². The highest BCUT2D eigenvalue weighted by Gasteiger charge is 2.16. The first-order valence-electron chi connectivity index (χ1n) is 7.21. The van der Waals surface area contributed by atoms with Gasteiger partial charge in [0.25, 0.3) is 5.91 Å². The SMILES string of the molecule is CCc1ccc(/C(C)=N\NC(=O)c2sc3ccccc3c2Cl)s1. The number of hydrogen-bond donors (Lipinski definition) is 1. The number of amides is 1. The number of hydrazone groups is 1. The molecule has 3 rings (SSSR count). The number of benzene rings is 1. The van der Waals surface area contributed by atoms with Crippen molar-refractivity contribution in [3.05, 3.63) is 56.1 Å². The summed E-state index contributed by atoms with van der Waals surface area (Å²) in [7, 11) is 0. The molecule has 0 saturated carbocycles. The Hall–Kier alpha value is -1.69. The molecular weight excluding hydrogens is 348 g/mol. The molecule has 23 heavy (non-hydrogen) atoms. The van der Waals surface area contributed by atoms with Gasteiger partial charge in [0, 0.05) is 15.0 Å². The predicted molar refractivity (Wildman–Crippen MR) is 100 cm³/mol. The molecule has 3 aromatic rings. The van der Waals surface area contributed by atoms with E-state index in [-0.39, 0.29) is 5.91 Å². The maximum Gasteiger partial charge on any atom is 0.283 e. The first kappa shape index (κ1) is 16.2. The standard InChI is InChI=1S/C17H15ClN2OS2/c1-3-11-8-9-13(22-11)10(2)19-20-17(21)16-15(18)12-6-4-5-7-14(12)23-16/h4-9H,3H2,1-2H3,(H,20,21)/b19-10-. The molecule has 0 bridgehead atoms. The van der Waals surface area contributed by atoms with Crippen LogP contribution in [-0.2, 0) is 6.42 Å². The van der Waals surface area contributed by atoms with Crippen LogP contribution in [0.1, 0.15) is 33.3 Å². The van der Waals surface area contributed by atoms with Crippen LogP contribution in [0.15, 0.2) is 41.5 Å². The van der Waals surface area contributed by atoms with Crippen molar-refractivity contribution in [1.82, 2.24) is 5.43 Å². The number of thiophene rings is 2. The highest BCUT2D eigenvalue weighted by molar-refractivity contribution is 7.21. The van der Waals surface area contributed by atoms with Gasteiger partial charge >= 0.3 is 0 Å². The highest BCUT2D eigenvalue weighted by atomic mass is 35.5. The highest BCUT2D eigenvalue weighted by Crippen LogP contribution is 2.34. The van der Waals surface area contributed by atoms with Crippen LogP contribution >= 0.6 is 34.3 Å². The third-order valence-electron chi connectivity index (χ3n) is 3.43. The predicted octanol–water partition coefficient (Wildman–Crippen LogP) is 5.33. The van der Waals surface area contributed by atoms with Gasteiger partial charge in [-0.15, -0.1) is 22.7 Å². The molecule has 0 aliphatic rings. The fourth-order valence-corrected chi connectivity index (χ4v) is 4.46. The molecule has 0 unspecified atom stereocenters. The molecular formula is C17H15ClN2OS2. The molecule has 2 heterocycles. The number of aryl methyl sites for hydroxylation is 1. The third kappa shape index (κ3) is 3.32. The Morgan fingerprint density at radius 1 is 1.22 bits per heavy atom. The van der Waals surface area contributed by atoms with Crippen LogP contribution in [-0.4, -0.2) is 11.6 Å². The Kier molecular flexibility index (Phi) is 4.80. The number of halogens is 1. The van der Waals surface area contributed by atoms with Crippen molar-refractivity contribution in [3.63, 3.8) is 0 Å². The molecule has 1 aromatic carbocycles. The van der Waals surface area contributed by atoms with Crippen molar-refractivity contribution >= 4 is 56.0 Å². The number of fused-ring (bicyclic) bond motifs is 1. The number of carbonyl (C=O) groups is 1. The van der Waals surface area contributed by atoms with E-state index in [1.165, 1.54) is 16.2 Å². The zero-order valence-electron chi connectivity index (χ0n) is 12.7. The fraction of sp³-hybridized carbons (Fsp3) is 0.176. The van der Waals surface area contributed by atoms with Crippen molar-refractivity contribution in [2.24, 2.45) is 5.10 Å².